The predicted octanol–water partition coefficient (Wildman–Crippen LogP) is 1.94. The number of nitrogens with one attached hydrogen (secondary N) is 1. The van der Waals surface area contributed by atoms with Crippen molar-refractivity contribution in [2.75, 3.05) is 24.5 Å². The third kappa shape index (κ3) is 4.28. The molecule has 1 saturated heterocycles. The van der Waals surface area contributed by atoms with Gasteiger partial charge in [0.25, 0.3) is 0 Å². The van der Waals surface area contributed by atoms with Crippen LogP contribution in [0.1, 0.15) is 12.0 Å². The fourth-order valence-corrected chi connectivity index (χ4v) is 2.79. The Bertz CT molecular complexity index is 700. The minimum atomic E-state index is -4.40. The summed E-state index contributed by atoms with van der Waals surface area (Å²) in [6.45, 7) is 2.12. The Hall–Kier alpha value is -2.58. The van der Waals surface area contributed by atoms with Crippen molar-refractivity contribution in [1.82, 2.24) is 20.1 Å². The van der Waals surface area contributed by atoms with Crippen LogP contribution in [0.3, 0.4) is 0 Å². The number of halogens is 3. The molecule has 3 rings (SSSR count). The van der Waals surface area contributed by atoms with Crippen LogP contribution in [0.15, 0.2) is 36.8 Å². The lowest BCUT2D eigenvalue weighted by atomic mass is 10.1. The Morgan fingerprint density at radius 3 is 2.84 bits per heavy atom. The maximum atomic E-state index is 12.6. The number of carbonyl (C=O) groups excluding carboxylic acids is 1. The Kier molecular flexibility index (Phi) is 4.91. The fraction of sp³-hybridized carbons (Fsp3) is 0.438. The zero-order chi connectivity index (χ0) is 17.9. The van der Waals surface area contributed by atoms with Crippen LogP contribution in [-0.2, 0) is 17.5 Å². The fourth-order valence-electron chi connectivity index (χ4n) is 2.79. The lowest BCUT2D eigenvalue weighted by Crippen LogP contribution is -2.34. The first kappa shape index (κ1) is 17.2. The van der Waals surface area contributed by atoms with Gasteiger partial charge < -0.3 is 10.2 Å². The SMILES string of the molecule is O=C(NCCn1cccn1)[C@@H]1CCN(c2ccc(C(F)(F)F)cn2)C1. The van der Waals surface area contributed by atoms with Crippen molar-refractivity contribution in [1.29, 1.82) is 0 Å². The quantitative estimate of drug-likeness (QED) is 0.892. The Morgan fingerprint density at radius 1 is 1.36 bits per heavy atom. The lowest BCUT2D eigenvalue weighted by molar-refractivity contribution is -0.137. The summed E-state index contributed by atoms with van der Waals surface area (Å²) in [4.78, 5) is 17.9. The zero-order valence-electron chi connectivity index (χ0n) is 13.4. The second-order valence-electron chi connectivity index (χ2n) is 5.89. The van der Waals surface area contributed by atoms with Crippen LogP contribution in [0.5, 0.6) is 0 Å². The molecule has 0 aromatic carbocycles. The summed E-state index contributed by atoms with van der Waals surface area (Å²) in [6.07, 6.45) is 0.574. The molecule has 0 spiro atoms. The van der Waals surface area contributed by atoms with E-state index in [4.69, 9.17) is 0 Å². The molecule has 1 aliphatic rings. The van der Waals surface area contributed by atoms with E-state index in [1.807, 2.05) is 17.2 Å². The maximum Gasteiger partial charge on any atom is 0.417 e. The minimum absolute atomic E-state index is 0.0541. The molecule has 1 fully saturated rings. The van der Waals surface area contributed by atoms with E-state index in [-0.39, 0.29) is 11.8 Å². The molecular formula is C16H18F3N5O. The highest BCUT2D eigenvalue weighted by Gasteiger charge is 2.32. The van der Waals surface area contributed by atoms with Gasteiger partial charge in [-0.1, -0.05) is 0 Å². The predicted molar refractivity (Wildman–Crippen MR) is 84.8 cm³/mol. The van der Waals surface area contributed by atoms with Gasteiger partial charge in [-0.05, 0) is 24.6 Å². The van der Waals surface area contributed by atoms with Gasteiger partial charge in [-0.25, -0.2) is 4.98 Å². The van der Waals surface area contributed by atoms with Crippen molar-refractivity contribution < 1.29 is 18.0 Å². The molecule has 25 heavy (non-hydrogen) atoms. The van der Waals surface area contributed by atoms with Crippen molar-refractivity contribution in [3.05, 3.63) is 42.4 Å². The first-order valence-corrected chi connectivity index (χ1v) is 7.97. The van der Waals surface area contributed by atoms with Crippen molar-refractivity contribution in [3.8, 4) is 0 Å². The molecular weight excluding hydrogens is 335 g/mol. The first-order chi connectivity index (χ1) is 11.9. The second-order valence-corrected chi connectivity index (χ2v) is 5.89. The highest BCUT2D eigenvalue weighted by atomic mass is 19.4. The average molecular weight is 353 g/mol. The third-order valence-corrected chi connectivity index (χ3v) is 4.16. The third-order valence-electron chi connectivity index (χ3n) is 4.16. The molecule has 9 heteroatoms. The molecule has 2 aromatic heterocycles. The summed E-state index contributed by atoms with van der Waals surface area (Å²) in [5, 5.41) is 6.92. The number of hydrogen-bond donors (Lipinski definition) is 1. The molecule has 6 nitrogen and oxygen atoms in total. The van der Waals surface area contributed by atoms with E-state index in [0.29, 0.717) is 38.4 Å². The molecule has 0 radical (unpaired) electrons. The number of hydrogen-bond acceptors (Lipinski definition) is 4. The van der Waals surface area contributed by atoms with Crippen molar-refractivity contribution in [3.63, 3.8) is 0 Å². The minimum Gasteiger partial charge on any atom is -0.356 e. The van der Waals surface area contributed by atoms with E-state index in [2.05, 4.69) is 15.4 Å². The molecule has 0 bridgehead atoms. The molecule has 1 amide bonds. The van der Waals surface area contributed by atoms with E-state index in [1.54, 1.807) is 10.9 Å². The highest BCUT2D eigenvalue weighted by molar-refractivity contribution is 5.80. The molecule has 1 atom stereocenters. The molecule has 0 unspecified atom stereocenters. The first-order valence-electron chi connectivity index (χ1n) is 7.97. The van der Waals surface area contributed by atoms with E-state index >= 15 is 0 Å². The average Bonchev–Trinajstić information content (AvgIpc) is 3.26. The summed E-state index contributed by atoms with van der Waals surface area (Å²) in [6, 6.07) is 4.17. The van der Waals surface area contributed by atoms with Gasteiger partial charge >= 0.3 is 6.18 Å². The monoisotopic (exact) mass is 353 g/mol. The number of nitrogens with zero attached hydrogens (tertiary/aromatic N) is 4. The molecule has 2 aromatic rings. The number of carbonyl (C=O) groups is 1. The molecule has 1 N–H and O–H groups in total. The largest absolute Gasteiger partial charge is 0.417 e. The molecule has 0 aliphatic carbocycles. The van der Waals surface area contributed by atoms with Crippen LogP contribution in [0, 0.1) is 5.92 Å². The number of alkyl halides is 3. The number of aromatic nitrogens is 3. The topological polar surface area (TPSA) is 63.1 Å². The molecule has 0 saturated carbocycles. The number of amides is 1. The lowest BCUT2D eigenvalue weighted by Gasteiger charge is -2.18. The van der Waals surface area contributed by atoms with E-state index < -0.39 is 11.7 Å². The van der Waals surface area contributed by atoms with Crippen molar-refractivity contribution in [2.45, 2.75) is 19.1 Å². The van der Waals surface area contributed by atoms with Crippen LogP contribution in [0.2, 0.25) is 0 Å². The highest BCUT2D eigenvalue weighted by Crippen LogP contribution is 2.30. The second kappa shape index (κ2) is 7.12. The van der Waals surface area contributed by atoms with Gasteiger partial charge in [0.1, 0.15) is 5.82 Å². The molecule has 1 aliphatic heterocycles. The van der Waals surface area contributed by atoms with Crippen LogP contribution in [0.25, 0.3) is 0 Å². The van der Waals surface area contributed by atoms with E-state index in [1.165, 1.54) is 6.07 Å². The summed E-state index contributed by atoms with van der Waals surface area (Å²) < 4.78 is 39.4. The standard InChI is InChI=1S/C16H18F3N5O/c17-16(18,19)13-2-3-14(21-10-13)23-8-4-12(11-23)15(25)20-6-9-24-7-1-5-22-24/h1-3,5,7,10,12H,4,6,8-9,11H2,(H,20,25)/t12-/m1/s1. The van der Waals surface area contributed by atoms with Gasteiger partial charge in [0.15, 0.2) is 0 Å². The number of pyridine rings is 1. The van der Waals surface area contributed by atoms with Gasteiger partial charge in [-0.3, -0.25) is 9.48 Å². The normalized spacial score (nSPS) is 17.7. The van der Waals surface area contributed by atoms with Crippen molar-refractivity contribution in [2.24, 2.45) is 5.92 Å². The van der Waals surface area contributed by atoms with E-state index in [9.17, 15) is 18.0 Å². The molecule has 134 valence electrons. The van der Waals surface area contributed by atoms with Crippen LogP contribution in [-0.4, -0.2) is 40.3 Å². The number of anilines is 1. The smallest absolute Gasteiger partial charge is 0.356 e. The Morgan fingerprint density at radius 2 is 2.20 bits per heavy atom. The Balaban J connectivity index is 1.50. The maximum absolute atomic E-state index is 12.6. The van der Waals surface area contributed by atoms with Gasteiger partial charge in [0.05, 0.1) is 18.0 Å². The summed E-state index contributed by atoms with van der Waals surface area (Å²) in [7, 11) is 0. The summed E-state index contributed by atoms with van der Waals surface area (Å²) in [5.41, 5.74) is -0.775. The zero-order valence-corrected chi connectivity index (χ0v) is 13.4. The van der Waals surface area contributed by atoms with Gasteiger partial charge in [-0.2, -0.15) is 18.3 Å². The van der Waals surface area contributed by atoms with Gasteiger partial charge in [-0.15, -0.1) is 0 Å². The van der Waals surface area contributed by atoms with Gasteiger partial charge in [0.2, 0.25) is 5.91 Å². The Labute approximate surface area is 142 Å². The number of rotatable bonds is 5. The molecule has 3 heterocycles. The van der Waals surface area contributed by atoms with E-state index in [0.717, 1.165) is 12.3 Å². The van der Waals surface area contributed by atoms with Gasteiger partial charge in [0, 0.05) is 38.2 Å². The van der Waals surface area contributed by atoms with Crippen LogP contribution >= 0.6 is 0 Å². The van der Waals surface area contributed by atoms with Crippen LogP contribution in [0.4, 0.5) is 19.0 Å². The summed E-state index contributed by atoms with van der Waals surface area (Å²) in [5.74, 6) is 0.211. The van der Waals surface area contributed by atoms with Crippen LogP contribution < -0.4 is 10.2 Å². The van der Waals surface area contributed by atoms with Crippen molar-refractivity contribution >= 4 is 11.7 Å². The summed E-state index contributed by atoms with van der Waals surface area (Å²) >= 11 is 0.